The summed E-state index contributed by atoms with van der Waals surface area (Å²) in [7, 11) is 4.44. The minimum Gasteiger partial charge on any atom is -0.378 e. The van der Waals surface area contributed by atoms with Gasteiger partial charge in [0.1, 0.15) is 0 Å². The summed E-state index contributed by atoms with van der Waals surface area (Å²) in [6.45, 7) is 8.16. The molecule has 1 heterocycles. The predicted molar refractivity (Wildman–Crippen MR) is 122 cm³/mol. The number of nitrogens with zero attached hydrogens (tertiary/aromatic N) is 2. The van der Waals surface area contributed by atoms with Gasteiger partial charge in [-0.25, -0.2) is 0 Å². The van der Waals surface area contributed by atoms with Crippen molar-refractivity contribution in [3.63, 3.8) is 0 Å². The Morgan fingerprint density at radius 1 is 1.04 bits per heavy atom. The molecule has 3 nitrogen and oxygen atoms in total. The highest BCUT2D eigenvalue weighted by Gasteiger charge is 2.31. The number of rotatable bonds is 7. The Bertz CT molecular complexity index is 769. The quantitative estimate of drug-likeness (QED) is 0.591. The van der Waals surface area contributed by atoms with Crippen molar-refractivity contribution in [2.24, 2.45) is 0 Å². The molecule has 4 heteroatoms. The van der Waals surface area contributed by atoms with Gasteiger partial charge >= 0.3 is 0 Å². The molecule has 1 aliphatic rings. The number of hydrogen-bond donors (Lipinski definition) is 0. The maximum Gasteiger partial charge on any atom is 0.0642 e. The number of likely N-dealkylation sites (N-methyl/N-ethyl adjacent to an activating group) is 1. The average Bonchev–Trinajstić information content (AvgIpc) is 2.70. The van der Waals surface area contributed by atoms with Crippen molar-refractivity contribution in [3.8, 4) is 0 Å². The SMILES string of the molecule is CCC(Cc1ccc(N2CCOCC2)cc1)(Cc1ccc(Br)cc1C)N(C)C. The summed E-state index contributed by atoms with van der Waals surface area (Å²) < 4.78 is 6.63. The number of aryl methyl sites for hydroxylation is 1. The van der Waals surface area contributed by atoms with Gasteiger partial charge in [-0.05, 0) is 81.2 Å². The van der Waals surface area contributed by atoms with Crippen molar-refractivity contribution in [3.05, 3.63) is 63.6 Å². The van der Waals surface area contributed by atoms with Gasteiger partial charge in [-0.3, -0.25) is 0 Å². The van der Waals surface area contributed by atoms with E-state index in [-0.39, 0.29) is 5.54 Å². The Morgan fingerprint density at radius 2 is 1.71 bits per heavy atom. The van der Waals surface area contributed by atoms with Gasteiger partial charge in [-0.15, -0.1) is 0 Å². The van der Waals surface area contributed by atoms with Crippen LogP contribution in [0.3, 0.4) is 0 Å². The lowest BCUT2D eigenvalue weighted by Gasteiger charge is -2.40. The van der Waals surface area contributed by atoms with Crippen molar-refractivity contribution in [2.45, 2.75) is 38.6 Å². The standard InChI is InChI=1S/C24H33BrN2O/c1-5-24(26(3)4,18-21-8-9-22(25)16-19(21)2)17-20-6-10-23(11-7-20)27-12-14-28-15-13-27/h6-11,16H,5,12-15,17-18H2,1-4H3. The lowest BCUT2D eigenvalue weighted by atomic mass is 9.80. The Morgan fingerprint density at radius 3 is 2.29 bits per heavy atom. The number of anilines is 1. The number of morpholine rings is 1. The molecule has 0 radical (unpaired) electrons. The average molecular weight is 445 g/mol. The third-order valence-corrected chi connectivity index (χ3v) is 6.77. The van der Waals surface area contributed by atoms with E-state index >= 15 is 0 Å². The summed E-state index contributed by atoms with van der Waals surface area (Å²) in [5, 5.41) is 0. The zero-order chi connectivity index (χ0) is 20.1. The topological polar surface area (TPSA) is 15.7 Å². The van der Waals surface area contributed by atoms with Gasteiger partial charge in [-0.2, -0.15) is 0 Å². The second-order valence-electron chi connectivity index (χ2n) is 8.16. The molecule has 1 unspecified atom stereocenters. The maximum absolute atomic E-state index is 5.48. The molecular formula is C24H33BrN2O. The molecule has 0 aromatic heterocycles. The molecule has 152 valence electrons. The van der Waals surface area contributed by atoms with Crippen molar-refractivity contribution in [1.29, 1.82) is 0 Å². The van der Waals surface area contributed by atoms with Crippen LogP contribution in [0.15, 0.2) is 46.9 Å². The minimum atomic E-state index is 0.110. The third-order valence-electron chi connectivity index (χ3n) is 6.28. The zero-order valence-electron chi connectivity index (χ0n) is 17.7. The molecule has 0 aliphatic carbocycles. The lowest BCUT2D eigenvalue weighted by molar-refractivity contribution is 0.122. The second-order valence-corrected chi connectivity index (χ2v) is 9.08. The molecule has 0 spiro atoms. The van der Waals surface area contributed by atoms with E-state index in [0.717, 1.165) is 50.0 Å². The maximum atomic E-state index is 5.48. The Hall–Kier alpha value is -1.36. The van der Waals surface area contributed by atoms with Gasteiger partial charge in [0.15, 0.2) is 0 Å². The van der Waals surface area contributed by atoms with Crippen LogP contribution in [0.4, 0.5) is 5.69 Å². The fourth-order valence-corrected chi connectivity index (χ4v) is 4.66. The molecule has 1 saturated heterocycles. The number of ether oxygens (including phenoxy) is 1. The van der Waals surface area contributed by atoms with Crippen LogP contribution in [0.1, 0.15) is 30.0 Å². The van der Waals surface area contributed by atoms with Crippen LogP contribution < -0.4 is 4.90 Å². The Balaban J connectivity index is 1.79. The van der Waals surface area contributed by atoms with Crippen LogP contribution in [0.5, 0.6) is 0 Å². The number of benzene rings is 2. The Kier molecular flexibility index (Phi) is 7.19. The second kappa shape index (κ2) is 9.43. The van der Waals surface area contributed by atoms with E-state index in [2.05, 4.69) is 96.1 Å². The monoisotopic (exact) mass is 444 g/mol. The first-order valence-electron chi connectivity index (χ1n) is 10.3. The van der Waals surface area contributed by atoms with Crippen molar-refractivity contribution in [2.75, 3.05) is 45.3 Å². The summed E-state index contributed by atoms with van der Waals surface area (Å²) in [6, 6.07) is 15.8. The normalized spacial score (nSPS) is 17.0. The molecule has 2 aromatic rings. The fraction of sp³-hybridized carbons (Fsp3) is 0.500. The minimum absolute atomic E-state index is 0.110. The Labute approximate surface area is 178 Å². The van der Waals surface area contributed by atoms with E-state index in [0.29, 0.717) is 0 Å². The fourth-order valence-electron chi connectivity index (χ4n) is 4.18. The molecule has 28 heavy (non-hydrogen) atoms. The highest BCUT2D eigenvalue weighted by atomic mass is 79.9. The van der Waals surface area contributed by atoms with Gasteiger partial charge in [0.2, 0.25) is 0 Å². The molecular weight excluding hydrogens is 412 g/mol. The first kappa shape index (κ1) is 21.4. The van der Waals surface area contributed by atoms with E-state index in [4.69, 9.17) is 4.74 Å². The summed E-state index contributed by atoms with van der Waals surface area (Å²) >= 11 is 3.59. The van der Waals surface area contributed by atoms with Crippen LogP contribution in [-0.4, -0.2) is 50.8 Å². The third kappa shape index (κ3) is 4.97. The molecule has 3 rings (SSSR count). The molecule has 0 N–H and O–H groups in total. The van der Waals surface area contributed by atoms with Gasteiger partial charge in [0, 0.05) is 28.8 Å². The first-order chi connectivity index (χ1) is 13.4. The largest absolute Gasteiger partial charge is 0.378 e. The van der Waals surface area contributed by atoms with Crippen LogP contribution in [0.25, 0.3) is 0 Å². The molecule has 1 aliphatic heterocycles. The van der Waals surface area contributed by atoms with Gasteiger partial charge < -0.3 is 14.5 Å². The molecule has 0 amide bonds. The molecule has 1 fully saturated rings. The van der Waals surface area contributed by atoms with Gasteiger partial charge in [0.05, 0.1) is 13.2 Å². The molecule has 1 atom stereocenters. The molecule has 0 saturated carbocycles. The van der Waals surface area contributed by atoms with Crippen LogP contribution >= 0.6 is 15.9 Å². The smallest absolute Gasteiger partial charge is 0.0642 e. The highest BCUT2D eigenvalue weighted by Crippen LogP contribution is 2.30. The zero-order valence-corrected chi connectivity index (χ0v) is 19.3. The summed E-state index contributed by atoms with van der Waals surface area (Å²) in [6.07, 6.45) is 3.22. The molecule has 0 bridgehead atoms. The van der Waals surface area contributed by atoms with Crippen molar-refractivity contribution < 1.29 is 4.74 Å². The number of halogens is 1. The van der Waals surface area contributed by atoms with E-state index in [9.17, 15) is 0 Å². The van der Waals surface area contributed by atoms with E-state index < -0.39 is 0 Å². The van der Waals surface area contributed by atoms with Gasteiger partial charge in [0.25, 0.3) is 0 Å². The van der Waals surface area contributed by atoms with Crippen LogP contribution in [0.2, 0.25) is 0 Å². The summed E-state index contributed by atoms with van der Waals surface area (Å²) in [5.41, 5.74) is 5.62. The van der Waals surface area contributed by atoms with Gasteiger partial charge in [-0.1, -0.05) is 41.1 Å². The summed E-state index contributed by atoms with van der Waals surface area (Å²) in [4.78, 5) is 4.84. The van der Waals surface area contributed by atoms with Crippen LogP contribution in [0, 0.1) is 6.92 Å². The van der Waals surface area contributed by atoms with E-state index in [1.807, 2.05) is 0 Å². The molecule has 2 aromatic carbocycles. The van der Waals surface area contributed by atoms with Crippen molar-refractivity contribution in [1.82, 2.24) is 4.90 Å². The highest BCUT2D eigenvalue weighted by molar-refractivity contribution is 9.10. The number of hydrogen-bond acceptors (Lipinski definition) is 3. The van der Waals surface area contributed by atoms with E-state index in [1.165, 1.54) is 22.4 Å². The van der Waals surface area contributed by atoms with E-state index in [1.54, 1.807) is 0 Å². The predicted octanol–water partition coefficient (Wildman–Crippen LogP) is 5.09. The summed E-state index contributed by atoms with van der Waals surface area (Å²) in [5.74, 6) is 0. The first-order valence-corrected chi connectivity index (χ1v) is 11.1. The van der Waals surface area contributed by atoms with Crippen LogP contribution in [-0.2, 0) is 17.6 Å². The lowest BCUT2D eigenvalue weighted by Crippen LogP contribution is -2.47. The van der Waals surface area contributed by atoms with Crippen molar-refractivity contribution >= 4 is 21.6 Å².